The number of rotatable bonds is 5. The van der Waals surface area contributed by atoms with E-state index in [1.807, 2.05) is 20.8 Å². The quantitative estimate of drug-likeness (QED) is 0.693. The van der Waals surface area contributed by atoms with Crippen LogP contribution in [0.3, 0.4) is 0 Å². The van der Waals surface area contributed by atoms with E-state index in [9.17, 15) is 9.59 Å². The summed E-state index contributed by atoms with van der Waals surface area (Å²) in [6.45, 7) is 6.12. The lowest BCUT2D eigenvalue weighted by Gasteiger charge is -2.43. The molecule has 3 rings (SSSR count). The van der Waals surface area contributed by atoms with E-state index in [0.717, 1.165) is 5.57 Å². The van der Waals surface area contributed by atoms with Crippen LogP contribution in [-0.2, 0) is 9.53 Å². The molecule has 8 nitrogen and oxygen atoms in total. The number of hydrogen-bond acceptors (Lipinski definition) is 6. The molecule has 0 bridgehead atoms. The summed E-state index contributed by atoms with van der Waals surface area (Å²) in [6, 6.07) is 4.82. The van der Waals surface area contributed by atoms with Gasteiger partial charge in [0.15, 0.2) is 5.90 Å². The second-order valence-corrected chi connectivity index (χ2v) is 7.12. The molecule has 5 N–H and O–H groups in total. The van der Waals surface area contributed by atoms with Crippen LogP contribution in [0.5, 0.6) is 5.75 Å². The highest BCUT2D eigenvalue weighted by Crippen LogP contribution is 2.45. The minimum Gasteiger partial charge on any atom is -0.496 e. The van der Waals surface area contributed by atoms with Crippen molar-refractivity contribution >= 4 is 17.7 Å². The topological polar surface area (TPSA) is 129 Å². The smallest absolute Gasteiger partial charge is 0.248 e. The van der Waals surface area contributed by atoms with Crippen LogP contribution >= 0.6 is 0 Å². The van der Waals surface area contributed by atoms with E-state index in [4.69, 9.17) is 20.9 Å². The number of ether oxygens (including phenoxy) is 2. The Hall–Kier alpha value is -3.29. The van der Waals surface area contributed by atoms with Gasteiger partial charge in [-0.15, -0.1) is 0 Å². The van der Waals surface area contributed by atoms with E-state index >= 15 is 0 Å². The van der Waals surface area contributed by atoms with Crippen LogP contribution in [0.1, 0.15) is 42.6 Å². The Morgan fingerprint density at radius 3 is 2.52 bits per heavy atom. The molecule has 0 spiro atoms. The van der Waals surface area contributed by atoms with Gasteiger partial charge in [-0.05, 0) is 38.5 Å². The Kier molecular flexibility index (Phi) is 5.63. The van der Waals surface area contributed by atoms with Crippen molar-refractivity contribution in [3.05, 3.63) is 52.4 Å². The molecule has 2 heterocycles. The number of hydrogen-bond donors (Lipinski definition) is 3. The first-order valence-corrected chi connectivity index (χ1v) is 9.42. The summed E-state index contributed by atoms with van der Waals surface area (Å²) in [4.78, 5) is 28.6. The number of carbonyl (C=O) groups excluding carboxylic acids is 2. The van der Waals surface area contributed by atoms with Gasteiger partial charge in [-0.1, -0.05) is 6.07 Å². The number of nitrogens with zero attached hydrogens (tertiary/aromatic N) is 1. The minimum absolute atomic E-state index is 0.123. The number of benzene rings is 1. The van der Waals surface area contributed by atoms with Crippen molar-refractivity contribution in [3.63, 3.8) is 0 Å². The Morgan fingerprint density at radius 2 is 1.93 bits per heavy atom. The van der Waals surface area contributed by atoms with Gasteiger partial charge < -0.3 is 26.3 Å². The fourth-order valence-corrected chi connectivity index (χ4v) is 4.11. The third-order valence-electron chi connectivity index (χ3n) is 5.39. The molecule has 0 aliphatic carbocycles. The fourth-order valence-electron chi connectivity index (χ4n) is 4.11. The number of nitrogens with two attached hydrogens (primary N) is 2. The Bertz CT molecular complexity index is 948. The van der Waals surface area contributed by atoms with E-state index < -0.39 is 17.7 Å². The largest absolute Gasteiger partial charge is 0.496 e. The summed E-state index contributed by atoms with van der Waals surface area (Å²) in [5.41, 5.74) is 14.4. The first-order chi connectivity index (χ1) is 13.8. The summed E-state index contributed by atoms with van der Waals surface area (Å²) in [7, 11) is 1.51. The first-order valence-electron chi connectivity index (χ1n) is 9.42. The van der Waals surface area contributed by atoms with Gasteiger partial charge in [-0.3, -0.25) is 9.59 Å². The first kappa shape index (κ1) is 20.4. The molecule has 0 saturated heterocycles. The van der Waals surface area contributed by atoms with Crippen molar-refractivity contribution in [2.75, 3.05) is 13.7 Å². The van der Waals surface area contributed by atoms with Gasteiger partial charge in [-0.2, -0.15) is 0 Å². The Morgan fingerprint density at radius 1 is 1.21 bits per heavy atom. The molecule has 8 heteroatoms. The number of aliphatic imine (C=N–C) groups is 1. The molecule has 3 atom stereocenters. The molecule has 1 aromatic rings. The van der Waals surface area contributed by atoms with Gasteiger partial charge in [0.05, 0.1) is 25.7 Å². The maximum Gasteiger partial charge on any atom is 0.248 e. The number of allylic oxidation sites excluding steroid dienone is 1. The van der Waals surface area contributed by atoms with Crippen LogP contribution in [0.15, 0.2) is 46.2 Å². The lowest BCUT2D eigenvalue weighted by atomic mass is 9.70. The molecule has 0 aromatic heterocycles. The Balaban J connectivity index is 2.25. The lowest BCUT2D eigenvalue weighted by Crippen LogP contribution is -2.51. The number of methoxy groups -OCH3 is 1. The molecule has 3 unspecified atom stereocenters. The Labute approximate surface area is 169 Å². The van der Waals surface area contributed by atoms with Crippen molar-refractivity contribution in [2.24, 2.45) is 22.4 Å². The average Bonchev–Trinajstić information content (AvgIpc) is 2.68. The molecular weight excluding hydrogens is 372 g/mol. The summed E-state index contributed by atoms with van der Waals surface area (Å²) in [5.74, 6) is -0.908. The number of primary amides is 2. The highest BCUT2D eigenvalue weighted by Gasteiger charge is 2.46. The summed E-state index contributed by atoms with van der Waals surface area (Å²) < 4.78 is 11.4. The summed E-state index contributed by atoms with van der Waals surface area (Å²) >= 11 is 0. The minimum atomic E-state index is -0.562. The van der Waals surface area contributed by atoms with Gasteiger partial charge in [-0.25, -0.2) is 4.99 Å². The van der Waals surface area contributed by atoms with E-state index in [-0.39, 0.29) is 12.0 Å². The average molecular weight is 398 g/mol. The van der Waals surface area contributed by atoms with Gasteiger partial charge >= 0.3 is 0 Å². The second-order valence-electron chi connectivity index (χ2n) is 7.12. The molecule has 2 amide bonds. The molecule has 2 aliphatic heterocycles. The van der Waals surface area contributed by atoms with Gasteiger partial charge in [0.1, 0.15) is 5.75 Å². The van der Waals surface area contributed by atoms with Crippen LogP contribution in [-0.4, -0.2) is 37.5 Å². The molecular formula is C21H26N4O4. The highest BCUT2D eigenvalue weighted by molar-refractivity contribution is 5.98. The van der Waals surface area contributed by atoms with Gasteiger partial charge in [0, 0.05) is 34.5 Å². The lowest BCUT2D eigenvalue weighted by molar-refractivity contribution is -0.115. The molecule has 1 aromatic carbocycles. The van der Waals surface area contributed by atoms with Crippen LogP contribution in [0.2, 0.25) is 0 Å². The summed E-state index contributed by atoms with van der Waals surface area (Å²) in [5, 5.41) is 3.39. The zero-order chi connectivity index (χ0) is 21.3. The van der Waals surface area contributed by atoms with Crippen LogP contribution in [0, 0.1) is 5.92 Å². The summed E-state index contributed by atoms with van der Waals surface area (Å²) in [6.07, 6.45) is 1.77. The third-order valence-corrected chi connectivity index (χ3v) is 5.39. The van der Waals surface area contributed by atoms with Crippen molar-refractivity contribution in [2.45, 2.75) is 32.7 Å². The molecule has 0 radical (unpaired) electrons. The van der Waals surface area contributed by atoms with Crippen LogP contribution in [0.4, 0.5) is 0 Å². The van der Waals surface area contributed by atoms with E-state index in [0.29, 0.717) is 40.7 Å². The molecule has 0 fully saturated rings. The maximum absolute atomic E-state index is 12.5. The van der Waals surface area contributed by atoms with Gasteiger partial charge in [0.25, 0.3) is 0 Å². The van der Waals surface area contributed by atoms with E-state index in [2.05, 4.69) is 10.3 Å². The maximum atomic E-state index is 12.5. The van der Waals surface area contributed by atoms with Gasteiger partial charge in [0.2, 0.25) is 11.8 Å². The number of fused-ring (bicyclic) bond motifs is 1. The number of carbonyl (C=O) groups is 2. The van der Waals surface area contributed by atoms with Crippen molar-refractivity contribution in [1.29, 1.82) is 0 Å². The molecule has 0 saturated carbocycles. The fraction of sp³-hybridized carbons (Fsp3) is 0.381. The predicted octanol–water partition coefficient (Wildman–Crippen LogP) is 1.58. The monoisotopic (exact) mass is 398 g/mol. The number of nitrogens with one attached hydrogen (secondary N) is 1. The van der Waals surface area contributed by atoms with Crippen LogP contribution < -0.4 is 21.5 Å². The predicted molar refractivity (Wildman–Crippen MR) is 109 cm³/mol. The number of amides is 2. The van der Waals surface area contributed by atoms with Crippen molar-refractivity contribution in [1.82, 2.24) is 5.32 Å². The van der Waals surface area contributed by atoms with E-state index in [1.54, 1.807) is 24.4 Å². The third kappa shape index (κ3) is 3.57. The zero-order valence-corrected chi connectivity index (χ0v) is 17.0. The highest BCUT2D eigenvalue weighted by atomic mass is 16.5. The molecule has 29 heavy (non-hydrogen) atoms. The SMILES string of the molecule is CCOC1=NC=C(C)C2NC(C)=C(C(N)=O)C(c3ccc(C(N)=O)cc3OC)C12. The van der Waals surface area contributed by atoms with Crippen LogP contribution in [0.25, 0.3) is 0 Å². The van der Waals surface area contributed by atoms with E-state index in [1.165, 1.54) is 7.11 Å². The van der Waals surface area contributed by atoms with Crippen molar-refractivity contribution < 1.29 is 19.1 Å². The zero-order valence-electron chi connectivity index (χ0n) is 17.0. The standard InChI is InChI=1S/C21H26N4O4/c1-5-29-21-17-16(13-7-6-12(19(22)26)8-14(13)28-4)15(20(23)27)11(3)25-18(17)10(2)9-24-21/h6-9,16-18,25H,5H2,1-4H3,(H2,22,26)(H2,23,27). The molecule has 154 valence electrons. The second kappa shape index (κ2) is 7.98. The normalized spacial score (nSPS) is 23.4. The van der Waals surface area contributed by atoms with Crippen molar-refractivity contribution in [3.8, 4) is 5.75 Å². The molecule has 2 aliphatic rings.